The Morgan fingerprint density at radius 3 is 1.96 bits per heavy atom. The van der Waals surface area contributed by atoms with Gasteiger partial charge >= 0.3 is 5.97 Å². The molecule has 0 radical (unpaired) electrons. The summed E-state index contributed by atoms with van der Waals surface area (Å²) in [6.07, 6.45) is 0.132. The molecule has 6 N–H and O–H groups in total. The third-order valence-corrected chi connectivity index (χ3v) is 4.26. The van der Waals surface area contributed by atoms with E-state index >= 15 is 0 Å². The predicted molar refractivity (Wildman–Crippen MR) is 101 cm³/mol. The van der Waals surface area contributed by atoms with Gasteiger partial charge in [0.2, 0.25) is 11.8 Å². The van der Waals surface area contributed by atoms with Gasteiger partial charge < -0.3 is 26.6 Å². The number of carbonyl (C=O) groups is 3. The predicted octanol–water partition coefficient (Wildman–Crippen LogP) is 0.628. The Kier molecular flexibility index (Phi) is 8.24. The van der Waals surface area contributed by atoms with Crippen molar-refractivity contribution in [3.05, 3.63) is 29.8 Å². The van der Waals surface area contributed by atoms with Gasteiger partial charge in [0, 0.05) is 6.42 Å². The quantitative estimate of drug-likeness (QED) is 0.426. The van der Waals surface area contributed by atoms with Crippen LogP contribution in [0.5, 0.6) is 5.75 Å². The van der Waals surface area contributed by atoms with Crippen LogP contribution in [0.15, 0.2) is 24.3 Å². The number of nitrogens with one attached hydrogen (secondary N) is 2. The van der Waals surface area contributed by atoms with E-state index in [1.807, 2.05) is 0 Å². The molecule has 150 valence electrons. The lowest BCUT2D eigenvalue weighted by molar-refractivity contribution is -0.143. The Labute approximate surface area is 159 Å². The molecule has 0 aliphatic rings. The van der Waals surface area contributed by atoms with Crippen molar-refractivity contribution in [1.82, 2.24) is 10.6 Å². The molecule has 1 aromatic rings. The standard InChI is InChI=1S/C19H29N3O5/c1-10(2)15(20)18(25)21-14(9-12-5-7-13(23)8-6-12)17(24)22-16(11(3)4)19(26)27/h5-8,10-11,14-16,23H,9,20H2,1-4H3,(H,21,25)(H,22,24)(H,26,27)/t14-,15-,16+/m1/s1. The Morgan fingerprint density at radius 1 is 0.963 bits per heavy atom. The molecule has 0 aromatic heterocycles. The van der Waals surface area contributed by atoms with Crippen LogP contribution in [0.25, 0.3) is 0 Å². The topological polar surface area (TPSA) is 142 Å². The molecular formula is C19H29N3O5. The first-order chi connectivity index (χ1) is 12.5. The number of benzene rings is 1. The maximum atomic E-state index is 12.7. The van der Waals surface area contributed by atoms with Crippen LogP contribution in [0.1, 0.15) is 33.3 Å². The Bertz CT molecular complexity index is 658. The number of amides is 2. The number of aliphatic carboxylic acids is 1. The van der Waals surface area contributed by atoms with Crippen molar-refractivity contribution in [1.29, 1.82) is 0 Å². The molecule has 8 heteroatoms. The first-order valence-electron chi connectivity index (χ1n) is 8.90. The molecule has 2 amide bonds. The van der Waals surface area contributed by atoms with Crippen LogP contribution in [0.2, 0.25) is 0 Å². The Morgan fingerprint density at radius 2 is 1.52 bits per heavy atom. The van der Waals surface area contributed by atoms with Crippen LogP contribution >= 0.6 is 0 Å². The fourth-order valence-electron chi connectivity index (χ4n) is 2.42. The Balaban J connectivity index is 3.00. The normalized spacial score (nSPS) is 14.5. The zero-order chi connectivity index (χ0) is 20.7. The Hall–Kier alpha value is -2.61. The van der Waals surface area contributed by atoms with Crippen LogP contribution in [0.3, 0.4) is 0 Å². The highest BCUT2D eigenvalue weighted by Crippen LogP contribution is 2.12. The summed E-state index contributed by atoms with van der Waals surface area (Å²) in [5.74, 6) is -2.60. The van der Waals surface area contributed by atoms with Crippen molar-refractivity contribution in [3.63, 3.8) is 0 Å². The summed E-state index contributed by atoms with van der Waals surface area (Å²) in [4.78, 5) is 36.4. The van der Waals surface area contributed by atoms with E-state index in [0.717, 1.165) is 0 Å². The van der Waals surface area contributed by atoms with Crippen LogP contribution < -0.4 is 16.4 Å². The van der Waals surface area contributed by atoms with E-state index in [1.54, 1.807) is 39.8 Å². The number of hydrogen-bond donors (Lipinski definition) is 5. The van der Waals surface area contributed by atoms with Crippen LogP contribution in [0, 0.1) is 11.8 Å². The first-order valence-corrected chi connectivity index (χ1v) is 8.90. The summed E-state index contributed by atoms with van der Waals surface area (Å²) in [7, 11) is 0. The van der Waals surface area contributed by atoms with E-state index in [1.165, 1.54) is 12.1 Å². The number of phenolic OH excluding ortho intramolecular Hbond substituents is 1. The first kappa shape index (κ1) is 22.4. The summed E-state index contributed by atoms with van der Waals surface area (Å²) >= 11 is 0. The van der Waals surface area contributed by atoms with Crippen LogP contribution in [0.4, 0.5) is 0 Å². The van der Waals surface area contributed by atoms with E-state index < -0.39 is 35.9 Å². The number of nitrogens with two attached hydrogens (primary N) is 1. The molecule has 0 spiro atoms. The van der Waals surface area contributed by atoms with Crippen LogP contribution in [-0.4, -0.2) is 46.1 Å². The molecular weight excluding hydrogens is 350 g/mol. The van der Waals surface area contributed by atoms with Gasteiger partial charge in [-0.3, -0.25) is 9.59 Å². The molecule has 3 atom stereocenters. The number of carboxylic acid groups (broad SMARTS) is 1. The highest BCUT2D eigenvalue weighted by atomic mass is 16.4. The van der Waals surface area contributed by atoms with Gasteiger partial charge in [-0.1, -0.05) is 39.8 Å². The van der Waals surface area contributed by atoms with E-state index in [-0.39, 0.29) is 24.0 Å². The molecule has 1 rings (SSSR count). The molecule has 0 saturated heterocycles. The lowest BCUT2D eigenvalue weighted by Gasteiger charge is -2.25. The van der Waals surface area contributed by atoms with E-state index in [9.17, 15) is 24.6 Å². The van der Waals surface area contributed by atoms with E-state index in [2.05, 4.69) is 10.6 Å². The lowest BCUT2D eigenvalue weighted by atomic mass is 10.00. The van der Waals surface area contributed by atoms with Crippen molar-refractivity contribution in [2.75, 3.05) is 0 Å². The maximum absolute atomic E-state index is 12.7. The zero-order valence-corrected chi connectivity index (χ0v) is 16.1. The largest absolute Gasteiger partial charge is 0.508 e. The van der Waals surface area contributed by atoms with Gasteiger partial charge in [0.15, 0.2) is 0 Å². The number of hydrogen-bond acceptors (Lipinski definition) is 5. The third-order valence-electron chi connectivity index (χ3n) is 4.26. The molecule has 8 nitrogen and oxygen atoms in total. The summed E-state index contributed by atoms with van der Waals surface area (Å²) in [5, 5.41) is 23.8. The van der Waals surface area contributed by atoms with Crippen molar-refractivity contribution < 1.29 is 24.6 Å². The number of phenols is 1. The van der Waals surface area contributed by atoms with E-state index in [0.29, 0.717) is 5.56 Å². The minimum Gasteiger partial charge on any atom is -0.508 e. The van der Waals surface area contributed by atoms with Crippen molar-refractivity contribution in [2.24, 2.45) is 17.6 Å². The van der Waals surface area contributed by atoms with Crippen LogP contribution in [-0.2, 0) is 20.8 Å². The van der Waals surface area contributed by atoms with Crippen molar-refractivity contribution in [3.8, 4) is 5.75 Å². The fourth-order valence-corrected chi connectivity index (χ4v) is 2.42. The maximum Gasteiger partial charge on any atom is 0.326 e. The van der Waals surface area contributed by atoms with Gasteiger partial charge in [-0.2, -0.15) is 0 Å². The monoisotopic (exact) mass is 379 g/mol. The van der Waals surface area contributed by atoms with Crippen molar-refractivity contribution >= 4 is 17.8 Å². The molecule has 0 saturated carbocycles. The average Bonchev–Trinajstić information content (AvgIpc) is 2.59. The van der Waals surface area contributed by atoms with Gasteiger partial charge in [0.1, 0.15) is 17.8 Å². The SMILES string of the molecule is CC(C)[C@H](NC(=O)[C@@H](Cc1ccc(O)cc1)NC(=O)[C@H](N)C(C)C)C(=O)O. The average molecular weight is 379 g/mol. The number of carboxylic acids is 1. The molecule has 27 heavy (non-hydrogen) atoms. The summed E-state index contributed by atoms with van der Waals surface area (Å²) in [5.41, 5.74) is 6.55. The second-order valence-corrected chi connectivity index (χ2v) is 7.27. The van der Waals surface area contributed by atoms with Gasteiger partial charge in [-0.15, -0.1) is 0 Å². The summed E-state index contributed by atoms with van der Waals surface area (Å²) < 4.78 is 0. The molecule has 0 unspecified atom stereocenters. The zero-order valence-electron chi connectivity index (χ0n) is 16.1. The lowest BCUT2D eigenvalue weighted by Crippen LogP contribution is -2.56. The molecule has 1 aromatic carbocycles. The van der Waals surface area contributed by atoms with Gasteiger partial charge in [-0.25, -0.2) is 4.79 Å². The molecule has 0 fully saturated rings. The minimum absolute atomic E-state index is 0.0800. The fraction of sp³-hybridized carbons (Fsp3) is 0.526. The van der Waals surface area contributed by atoms with Gasteiger partial charge in [-0.05, 0) is 29.5 Å². The van der Waals surface area contributed by atoms with Crippen molar-refractivity contribution in [2.45, 2.75) is 52.2 Å². The smallest absolute Gasteiger partial charge is 0.326 e. The molecule has 0 heterocycles. The van der Waals surface area contributed by atoms with Gasteiger partial charge in [0.05, 0.1) is 6.04 Å². The number of rotatable bonds is 9. The molecule has 0 aliphatic carbocycles. The summed E-state index contributed by atoms with van der Waals surface area (Å²) in [6, 6.07) is 3.34. The molecule has 0 bridgehead atoms. The highest BCUT2D eigenvalue weighted by molar-refractivity contribution is 5.92. The minimum atomic E-state index is -1.15. The second-order valence-electron chi connectivity index (χ2n) is 7.27. The number of carbonyl (C=O) groups excluding carboxylic acids is 2. The van der Waals surface area contributed by atoms with E-state index in [4.69, 9.17) is 5.73 Å². The molecule has 0 aliphatic heterocycles. The third kappa shape index (κ3) is 6.90. The number of aromatic hydroxyl groups is 1. The highest BCUT2D eigenvalue weighted by Gasteiger charge is 2.30. The summed E-state index contributed by atoms with van der Waals surface area (Å²) in [6.45, 7) is 6.94. The second kappa shape index (κ2) is 9.91. The van der Waals surface area contributed by atoms with Gasteiger partial charge in [0.25, 0.3) is 0 Å².